The monoisotopic (exact) mass is 735 g/mol. The molecule has 0 saturated heterocycles. The standard InChI is InChI=1S/C22H19N2O.C13H24O2.Ir/c1-14-9-11-18-17-7-4-8-19(21(17)25-22(18)24-14)20-12-10-16(13-23-20)15-5-2-3-6-15;1-5-10(6-2)12(14)9-13(15)11(7-3)8-4;/h4,7,9-13,15H,2-3,5-6H2,1H3;9-11,14H,5-8H2,1-4H3;/q-1;;/b;12-9-;/i1D3;;. The van der Waals surface area contributed by atoms with Crippen LogP contribution in [0.25, 0.3) is 33.3 Å². The van der Waals surface area contributed by atoms with Gasteiger partial charge in [0.15, 0.2) is 5.78 Å². The molecule has 0 amide bonds. The maximum Gasteiger partial charge on any atom is 0.216 e. The van der Waals surface area contributed by atoms with E-state index in [9.17, 15) is 9.90 Å². The third kappa shape index (κ3) is 7.72. The van der Waals surface area contributed by atoms with Crippen LogP contribution >= 0.6 is 0 Å². The fourth-order valence-electron chi connectivity index (χ4n) is 5.65. The van der Waals surface area contributed by atoms with E-state index in [2.05, 4.69) is 22.1 Å². The molecule has 4 aromatic rings. The zero-order valence-electron chi connectivity index (χ0n) is 27.5. The van der Waals surface area contributed by atoms with Gasteiger partial charge in [-0.1, -0.05) is 63.6 Å². The number of aryl methyl sites for hydroxylation is 1. The van der Waals surface area contributed by atoms with Crippen molar-refractivity contribution in [3.05, 3.63) is 71.8 Å². The topological polar surface area (TPSA) is 76.2 Å². The second-order valence-corrected chi connectivity index (χ2v) is 10.7. The van der Waals surface area contributed by atoms with E-state index in [0.717, 1.165) is 47.7 Å². The molecule has 1 radical (unpaired) electrons. The number of carbonyl (C=O) groups is 1. The van der Waals surface area contributed by atoms with Crippen LogP contribution in [-0.4, -0.2) is 20.9 Å². The Labute approximate surface area is 262 Å². The third-order valence-corrected chi connectivity index (χ3v) is 8.25. The van der Waals surface area contributed by atoms with Crippen LogP contribution in [0.4, 0.5) is 0 Å². The van der Waals surface area contributed by atoms with Crippen molar-refractivity contribution in [2.45, 2.75) is 91.8 Å². The Morgan fingerprint density at radius 1 is 1.05 bits per heavy atom. The first-order chi connectivity index (χ1) is 20.6. The molecule has 1 fully saturated rings. The molecule has 1 aromatic carbocycles. The smallest absolute Gasteiger partial charge is 0.216 e. The van der Waals surface area contributed by atoms with E-state index in [-0.39, 0.29) is 49.2 Å². The first kappa shape index (κ1) is 28.3. The van der Waals surface area contributed by atoms with Gasteiger partial charge in [0, 0.05) is 59.4 Å². The zero-order valence-corrected chi connectivity index (χ0v) is 26.9. The normalized spacial score (nSPS) is 15.4. The van der Waals surface area contributed by atoms with Gasteiger partial charge in [-0.15, -0.1) is 18.2 Å². The van der Waals surface area contributed by atoms with E-state index in [1.807, 2.05) is 52.1 Å². The molecule has 41 heavy (non-hydrogen) atoms. The quantitative estimate of drug-likeness (QED) is 0.105. The van der Waals surface area contributed by atoms with Gasteiger partial charge in [-0.25, -0.2) is 4.98 Å². The summed E-state index contributed by atoms with van der Waals surface area (Å²) in [4.78, 5) is 20.6. The summed E-state index contributed by atoms with van der Waals surface area (Å²) in [7, 11) is 0. The largest absolute Gasteiger partial charge is 0.512 e. The number of fused-ring (bicyclic) bond motifs is 3. The minimum atomic E-state index is -2.26. The molecular formula is C35H43IrN2O3-. The number of nitrogens with zero attached hydrogens (tertiary/aromatic N) is 2. The molecule has 0 spiro atoms. The van der Waals surface area contributed by atoms with E-state index in [1.165, 1.54) is 43.4 Å². The minimum absolute atomic E-state index is 0. The first-order valence-corrected chi connectivity index (χ1v) is 14.8. The minimum Gasteiger partial charge on any atom is -0.512 e. The van der Waals surface area contributed by atoms with Crippen LogP contribution in [0.2, 0.25) is 0 Å². The van der Waals surface area contributed by atoms with Crippen molar-refractivity contribution in [3.8, 4) is 11.3 Å². The molecule has 1 saturated carbocycles. The molecule has 3 aromatic heterocycles. The summed E-state index contributed by atoms with van der Waals surface area (Å²) in [6, 6.07) is 14.5. The van der Waals surface area contributed by atoms with Gasteiger partial charge in [0.25, 0.3) is 0 Å². The number of rotatable bonds is 9. The average Bonchev–Trinajstić information content (AvgIpc) is 3.67. The third-order valence-electron chi connectivity index (χ3n) is 8.25. The van der Waals surface area contributed by atoms with Crippen molar-refractivity contribution in [1.82, 2.24) is 9.97 Å². The molecule has 1 aliphatic rings. The zero-order chi connectivity index (χ0) is 31.1. The van der Waals surface area contributed by atoms with Crippen molar-refractivity contribution in [2.75, 3.05) is 0 Å². The molecule has 0 aliphatic heterocycles. The first-order valence-electron chi connectivity index (χ1n) is 16.3. The maximum atomic E-state index is 11.7. The average molecular weight is 735 g/mol. The molecule has 3 heterocycles. The summed E-state index contributed by atoms with van der Waals surface area (Å²) >= 11 is 0. The fourth-order valence-corrected chi connectivity index (χ4v) is 5.65. The number of allylic oxidation sites excluding steroid dienone is 2. The van der Waals surface area contributed by atoms with Crippen LogP contribution in [-0.2, 0) is 24.9 Å². The summed E-state index contributed by atoms with van der Waals surface area (Å²) in [5.74, 6) is 1.17. The Hall–Kier alpha value is -2.82. The van der Waals surface area contributed by atoms with Gasteiger partial charge < -0.3 is 14.5 Å². The Kier molecular flexibility index (Phi) is 10.6. The van der Waals surface area contributed by atoms with Gasteiger partial charge in [-0.05, 0) is 74.7 Å². The van der Waals surface area contributed by atoms with Crippen LogP contribution in [0.3, 0.4) is 0 Å². The Balaban J connectivity index is 0.000000286. The molecular weight excluding hydrogens is 689 g/mol. The van der Waals surface area contributed by atoms with Gasteiger partial charge in [-0.2, -0.15) is 0 Å². The molecule has 1 aliphatic carbocycles. The fraction of sp³-hybridized carbons (Fsp3) is 0.457. The number of ketones is 1. The van der Waals surface area contributed by atoms with E-state index in [0.29, 0.717) is 17.2 Å². The van der Waals surface area contributed by atoms with E-state index >= 15 is 0 Å². The van der Waals surface area contributed by atoms with Crippen molar-refractivity contribution in [3.63, 3.8) is 0 Å². The number of aliphatic hydroxyl groups is 1. The number of hydrogen-bond donors (Lipinski definition) is 1. The van der Waals surface area contributed by atoms with Crippen molar-refractivity contribution in [1.29, 1.82) is 0 Å². The van der Waals surface area contributed by atoms with Gasteiger partial charge in [0.2, 0.25) is 5.71 Å². The predicted molar refractivity (Wildman–Crippen MR) is 163 cm³/mol. The molecule has 5 rings (SSSR count). The number of aromatic nitrogens is 2. The second kappa shape index (κ2) is 15.4. The summed E-state index contributed by atoms with van der Waals surface area (Å²) in [5, 5.41) is 11.4. The summed E-state index contributed by atoms with van der Waals surface area (Å²) in [6.07, 6.45) is 11.9. The van der Waals surface area contributed by atoms with Crippen LogP contribution in [0, 0.1) is 24.8 Å². The number of carbonyl (C=O) groups excluding carboxylic acids is 1. The van der Waals surface area contributed by atoms with Crippen molar-refractivity contribution < 1.29 is 38.5 Å². The van der Waals surface area contributed by atoms with Crippen LogP contribution in [0.5, 0.6) is 0 Å². The van der Waals surface area contributed by atoms with Crippen LogP contribution in [0.15, 0.2) is 58.8 Å². The van der Waals surface area contributed by atoms with Crippen LogP contribution < -0.4 is 0 Å². The number of hydrogen-bond acceptors (Lipinski definition) is 5. The van der Waals surface area contributed by atoms with E-state index in [4.69, 9.17) is 8.53 Å². The van der Waals surface area contributed by atoms with Gasteiger partial charge >= 0.3 is 0 Å². The summed E-state index contributed by atoms with van der Waals surface area (Å²) < 4.78 is 28.7. The Bertz CT molecular complexity index is 1550. The number of benzene rings is 1. The van der Waals surface area contributed by atoms with Gasteiger partial charge in [-0.3, -0.25) is 4.79 Å². The molecule has 1 N–H and O–H groups in total. The van der Waals surface area contributed by atoms with Gasteiger partial charge in [0.05, 0.1) is 11.3 Å². The molecule has 6 heteroatoms. The molecule has 0 atom stereocenters. The Morgan fingerprint density at radius 2 is 1.76 bits per heavy atom. The van der Waals surface area contributed by atoms with Crippen LogP contribution in [0.1, 0.15) is 100 Å². The number of furan rings is 1. The second-order valence-electron chi connectivity index (χ2n) is 10.7. The maximum absolute atomic E-state index is 11.7. The summed E-state index contributed by atoms with van der Waals surface area (Å²) in [6.45, 7) is 5.81. The van der Waals surface area contributed by atoms with Crippen molar-refractivity contribution >= 4 is 27.9 Å². The Morgan fingerprint density at radius 3 is 2.37 bits per heavy atom. The number of pyridine rings is 2. The van der Waals surface area contributed by atoms with Gasteiger partial charge in [0.1, 0.15) is 0 Å². The van der Waals surface area contributed by atoms with Crippen molar-refractivity contribution in [2.24, 2.45) is 11.8 Å². The molecule has 221 valence electrons. The van der Waals surface area contributed by atoms with E-state index < -0.39 is 6.85 Å². The molecule has 5 nitrogen and oxygen atoms in total. The molecule has 0 unspecified atom stereocenters. The molecule has 0 bridgehead atoms. The predicted octanol–water partition coefficient (Wildman–Crippen LogP) is 9.68. The number of aliphatic hydroxyl groups excluding tert-OH is 1. The van der Waals surface area contributed by atoms with E-state index in [1.54, 1.807) is 6.07 Å². The SMILES string of the molecule is CCC(CC)C(=O)/C=C(\O)C(CC)CC.[2H]C([2H])([2H])c1ccc2c(n1)oc1c(-c3ccc(C4CCCC4)cn3)[c-]ccc12.[Ir]. The summed E-state index contributed by atoms with van der Waals surface area (Å²) in [5.41, 5.74) is 3.85.